The van der Waals surface area contributed by atoms with Gasteiger partial charge in [-0.15, -0.1) is 0 Å². The van der Waals surface area contributed by atoms with Gasteiger partial charge in [0.05, 0.1) is 6.04 Å². The van der Waals surface area contributed by atoms with E-state index in [9.17, 15) is 4.79 Å². The summed E-state index contributed by atoms with van der Waals surface area (Å²) in [5.41, 5.74) is 4.10. The van der Waals surface area contributed by atoms with Crippen LogP contribution in [-0.2, 0) is 0 Å². The summed E-state index contributed by atoms with van der Waals surface area (Å²) in [6, 6.07) is 5.37. The zero-order valence-electron chi connectivity index (χ0n) is 14.7. The van der Waals surface area contributed by atoms with Crippen LogP contribution in [0.1, 0.15) is 59.2 Å². The van der Waals surface area contributed by atoms with Crippen molar-refractivity contribution in [2.45, 2.75) is 38.6 Å². The SMILES string of the molecule is Cc1nc(-c2ccncc2)ncc1C(C)NC(=O)c1cc(C2CC2)[nH]n1. The molecule has 3 aromatic rings. The molecular formula is C19H20N6O. The molecule has 0 radical (unpaired) electrons. The Kier molecular flexibility index (Phi) is 4.20. The number of aromatic nitrogens is 5. The lowest BCUT2D eigenvalue weighted by Crippen LogP contribution is -2.27. The zero-order chi connectivity index (χ0) is 18.1. The van der Waals surface area contributed by atoms with Gasteiger partial charge in [-0.3, -0.25) is 14.9 Å². The third-order valence-electron chi connectivity index (χ3n) is 4.62. The van der Waals surface area contributed by atoms with Crippen LogP contribution in [0.5, 0.6) is 0 Å². The van der Waals surface area contributed by atoms with Crippen molar-refractivity contribution in [3.8, 4) is 11.4 Å². The van der Waals surface area contributed by atoms with Gasteiger partial charge in [0.25, 0.3) is 5.91 Å². The number of amides is 1. The van der Waals surface area contributed by atoms with Crippen LogP contribution < -0.4 is 5.32 Å². The van der Waals surface area contributed by atoms with Crippen molar-refractivity contribution in [3.05, 3.63) is 59.4 Å². The molecule has 7 nitrogen and oxygen atoms in total. The first kappa shape index (κ1) is 16.4. The van der Waals surface area contributed by atoms with Crippen molar-refractivity contribution in [1.29, 1.82) is 0 Å². The highest BCUT2D eigenvalue weighted by Gasteiger charge is 2.27. The van der Waals surface area contributed by atoms with Crippen molar-refractivity contribution < 1.29 is 4.79 Å². The summed E-state index contributed by atoms with van der Waals surface area (Å²) in [4.78, 5) is 25.5. The third-order valence-corrected chi connectivity index (χ3v) is 4.62. The molecule has 132 valence electrons. The summed E-state index contributed by atoms with van der Waals surface area (Å²) in [5, 5.41) is 10.1. The second-order valence-corrected chi connectivity index (χ2v) is 6.65. The van der Waals surface area contributed by atoms with E-state index in [4.69, 9.17) is 0 Å². The van der Waals surface area contributed by atoms with Gasteiger partial charge in [-0.25, -0.2) is 9.97 Å². The van der Waals surface area contributed by atoms with Crippen molar-refractivity contribution in [2.24, 2.45) is 0 Å². The number of hydrogen-bond donors (Lipinski definition) is 2. The summed E-state index contributed by atoms with van der Waals surface area (Å²) < 4.78 is 0. The van der Waals surface area contributed by atoms with Crippen LogP contribution in [0.4, 0.5) is 0 Å². The van der Waals surface area contributed by atoms with Gasteiger partial charge in [-0.05, 0) is 44.9 Å². The van der Waals surface area contributed by atoms with Crippen LogP contribution in [0, 0.1) is 6.92 Å². The molecule has 1 aliphatic carbocycles. The van der Waals surface area contributed by atoms with Crippen LogP contribution in [0.3, 0.4) is 0 Å². The number of nitrogens with zero attached hydrogens (tertiary/aromatic N) is 4. The molecule has 0 aromatic carbocycles. The van der Waals surface area contributed by atoms with E-state index in [0.717, 1.165) is 22.5 Å². The third kappa shape index (κ3) is 3.33. The number of carbonyl (C=O) groups is 1. The maximum absolute atomic E-state index is 12.4. The molecule has 1 aliphatic rings. The molecule has 1 fully saturated rings. The minimum Gasteiger partial charge on any atom is -0.344 e. The number of H-pyrrole nitrogens is 1. The highest BCUT2D eigenvalue weighted by molar-refractivity contribution is 5.92. The molecule has 3 heterocycles. The smallest absolute Gasteiger partial charge is 0.272 e. The highest BCUT2D eigenvalue weighted by Crippen LogP contribution is 2.39. The maximum atomic E-state index is 12.4. The highest BCUT2D eigenvalue weighted by atomic mass is 16.2. The summed E-state index contributed by atoms with van der Waals surface area (Å²) >= 11 is 0. The number of nitrogens with one attached hydrogen (secondary N) is 2. The Morgan fingerprint density at radius 3 is 2.77 bits per heavy atom. The Morgan fingerprint density at radius 2 is 2.08 bits per heavy atom. The Hall–Kier alpha value is -3.09. The molecule has 3 aromatic heterocycles. The van der Waals surface area contributed by atoms with Crippen molar-refractivity contribution in [1.82, 2.24) is 30.5 Å². The molecule has 0 aliphatic heterocycles. The number of aromatic amines is 1. The van der Waals surface area contributed by atoms with E-state index in [-0.39, 0.29) is 11.9 Å². The van der Waals surface area contributed by atoms with Crippen molar-refractivity contribution in [2.75, 3.05) is 0 Å². The molecular weight excluding hydrogens is 328 g/mol. The Balaban J connectivity index is 1.48. The summed E-state index contributed by atoms with van der Waals surface area (Å²) in [5.74, 6) is 0.990. The molecule has 1 saturated carbocycles. The molecule has 0 saturated heterocycles. The second-order valence-electron chi connectivity index (χ2n) is 6.65. The number of aryl methyl sites for hydroxylation is 1. The molecule has 0 spiro atoms. The first-order valence-electron chi connectivity index (χ1n) is 8.72. The number of hydrogen-bond acceptors (Lipinski definition) is 5. The first-order chi connectivity index (χ1) is 12.6. The van der Waals surface area contributed by atoms with E-state index in [1.165, 1.54) is 12.8 Å². The van der Waals surface area contributed by atoms with Gasteiger partial charge in [-0.2, -0.15) is 5.10 Å². The monoisotopic (exact) mass is 348 g/mol. The van der Waals surface area contributed by atoms with Crippen LogP contribution in [0.25, 0.3) is 11.4 Å². The van der Waals surface area contributed by atoms with Crippen LogP contribution in [0.15, 0.2) is 36.8 Å². The maximum Gasteiger partial charge on any atom is 0.272 e. The van der Waals surface area contributed by atoms with Gasteiger partial charge >= 0.3 is 0 Å². The normalized spacial score (nSPS) is 14.8. The molecule has 1 amide bonds. The van der Waals surface area contributed by atoms with E-state index in [0.29, 0.717) is 17.4 Å². The fraction of sp³-hybridized carbons (Fsp3) is 0.316. The number of rotatable bonds is 5. The van der Waals surface area contributed by atoms with Gasteiger partial charge in [0.2, 0.25) is 0 Å². The summed E-state index contributed by atoms with van der Waals surface area (Å²) in [6.45, 7) is 3.84. The number of pyridine rings is 1. The van der Waals surface area contributed by atoms with Crippen LogP contribution >= 0.6 is 0 Å². The first-order valence-corrected chi connectivity index (χ1v) is 8.72. The molecule has 26 heavy (non-hydrogen) atoms. The quantitative estimate of drug-likeness (QED) is 0.739. The molecule has 1 unspecified atom stereocenters. The lowest BCUT2D eigenvalue weighted by molar-refractivity contribution is 0.0934. The molecule has 0 bridgehead atoms. The molecule has 2 N–H and O–H groups in total. The van der Waals surface area contributed by atoms with Gasteiger partial charge in [0.1, 0.15) is 5.69 Å². The fourth-order valence-corrected chi connectivity index (χ4v) is 2.95. The van der Waals surface area contributed by atoms with E-state index < -0.39 is 0 Å². The van der Waals surface area contributed by atoms with E-state index in [1.807, 2.05) is 32.0 Å². The van der Waals surface area contributed by atoms with E-state index in [1.54, 1.807) is 18.6 Å². The Labute approximate surface area is 151 Å². The zero-order valence-corrected chi connectivity index (χ0v) is 14.7. The van der Waals surface area contributed by atoms with Crippen molar-refractivity contribution in [3.63, 3.8) is 0 Å². The lowest BCUT2D eigenvalue weighted by Gasteiger charge is -2.15. The van der Waals surface area contributed by atoms with Crippen LogP contribution in [-0.4, -0.2) is 31.1 Å². The Morgan fingerprint density at radius 1 is 1.31 bits per heavy atom. The van der Waals surface area contributed by atoms with E-state index >= 15 is 0 Å². The average Bonchev–Trinajstić information content (AvgIpc) is 3.38. The van der Waals surface area contributed by atoms with E-state index in [2.05, 4.69) is 30.5 Å². The largest absolute Gasteiger partial charge is 0.344 e. The summed E-state index contributed by atoms with van der Waals surface area (Å²) in [7, 11) is 0. The topological polar surface area (TPSA) is 96.5 Å². The minimum absolute atomic E-state index is 0.196. The average molecular weight is 348 g/mol. The van der Waals surface area contributed by atoms with Gasteiger partial charge in [0, 0.05) is 47.0 Å². The molecule has 7 heteroatoms. The standard InChI is InChI=1S/C19H20N6O/c1-11-15(10-21-18(22-11)14-5-7-20-8-6-14)12(2)23-19(26)17-9-16(24-25-17)13-3-4-13/h5-10,12-13H,3-4H2,1-2H3,(H,23,26)(H,24,25). The van der Waals surface area contributed by atoms with Gasteiger partial charge in [-0.1, -0.05) is 0 Å². The van der Waals surface area contributed by atoms with Crippen LogP contribution in [0.2, 0.25) is 0 Å². The summed E-state index contributed by atoms with van der Waals surface area (Å²) in [6.07, 6.45) is 7.53. The fourth-order valence-electron chi connectivity index (χ4n) is 2.95. The molecule has 1 atom stereocenters. The van der Waals surface area contributed by atoms with Gasteiger partial charge < -0.3 is 5.32 Å². The number of carbonyl (C=O) groups excluding carboxylic acids is 1. The minimum atomic E-state index is -0.213. The second kappa shape index (κ2) is 6.67. The van der Waals surface area contributed by atoms with Gasteiger partial charge in [0.15, 0.2) is 5.82 Å². The Bertz CT molecular complexity index is 932. The lowest BCUT2D eigenvalue weighted by atomic mass is 10.1. The predicted octanol–water partition coefficient (Wildman–Crippen LogP) is 2.94. The molecule has 4 rings (SSSR count). The van der Waals surface area contributed by atoms with Crippen molar-refractivity contribution >= 4 is 5.91 Å². The predicted molar refractivity (Wildman–Crippen MR) is 96.4 cm³/mol.